The van der Waals surface area contributed by atoms with E-state index in [1.165, 1.54) is 5.56 Å². The molecule has 46 heavy (non-hydrogen) atoms. The Morgan fingerprint density at radius 1 is 0.739 bits per heavy atom. The van der Waals surface area contributed by atoms with Crippen LogP contribution in [0.5, 0.6) is 5.75 Å². The fourth-order valence-corrected chi connectivity index (χ4v) is 4.52. The highest BCUT2D eigenvalue weighted by Crippen LogP contribution is 2.42. The summed E-state index contributed by atoms with van der Waals surface area (Å²) in [6.07, 6.45) is -10.3. The fourth-order valence-electron chi connectivity index (χ4n) is 4.52. The van der Waals surface area contributed by atoms with E-state index in [1.54, 1.807) is 63.2 Å². The number of nitrogens with one attached hydrogen (secondary N) is 1. The molecule has 0 heterocycles. The summed E-state index contributed by atoms with van der Waals surface area (Å²) in [5, 5.41) is 2.57. The average Bonchev–Trinajstić information content (AvgIpc) is 2.98. The number of likely N-dealkylation sites (N-methyl/N-ethyl adjacent to an activating group) is 2. The number of methoxy groups -OCH3 is 1. The maximum absolute atomic E-state index is 13.7. The van der Waals surface area contributed by atoms with E-state index in [0.29, 0.717) is 11.6 Å². The van der Waals surface area contributed by atoms with Crippen LogP contribution in [0.15, 0.2) is 72.8 Å². The van der Waals surface area contributed by atoms with E-state index in [4.69, 9.17) is 10.5 Å². The van der Waals surface area contributed by atoms with Gasteiger partial charge in [0.15, 0.2) is 0 Å². The van der Waals surface area contributed by atoms with E-state index in [9.17, 15) is 31.1 Å². The van der Waals surface area contributed by atoms with Gasteiger partial charge in [-0.2, -0.15) is 26.3 Å². The number of amides is 1. The van der Waals surface area contributed by atoms with Gasteiger partial charge in [-0.3, -0.25) is 4.79 Å². The summed E-state index contributed by atoms with van der Waals surface area (Å²) >= 11 is 0. The highest BCUT2D eigenvalue weighted by molar-refractivity contribution is 5.99. The number of alkyl halides is 6. The number of rotatable bonds is 9. The van der Waals surface area contributed by atoms with Crippen molar-refractivity contribution in [2.75, 3.05) is 35.3 Å². The van der Waals surface area contributed by atoms with Gasteiger partial charge in [0.05, 0.1) is 29.8 Å². The summed E-state index contributed by atoms with van der Waals surface area (Å²) in [5.41, 5.74) is 2.93. The highest BCUT2D eigenvalue weighted by atomic mass is 19.4. The third kappa shape index (κ3) is 9.23. The van der Waals surface area contributed by atoms with Crippen LogP contribution in [0.4, 0.5) is 26.3 Å². The molecule has 12 heteroatoms. The first-order valence-corrected chi connectivity index (χ1v) is 14.4. The number of benzene rings is 3. The lowest BCUT2D eigenvalue weighted by atomic mass is 9.87. The molecule has 3 rings (SSSR count). The molecule has 0 saturated heterocycles. The molecule has 3 aromatic carbocycles. The molecule has 0 aliphatic carbocycles. The van der Waals surface area contributed by atoms with Crippen LogP contribution < -0.4 is 15.8 Å². The largest absolute Gasteiger partial charge is 0.496 e. The summed E-state index contributed by atoms with van der Waals surface area (Å²) in [7, 11) is 8.50. The third-order valence-corrected chi connectivity index (χ3v) is 8.52. The van der Waals surface area contributed by atoms with E-state index >= 15 is 0 Å². The predicted molar refractivity (Wildman–Crippen MR) is 169 cm³/mol. The molecule has 0 saturated carbocycles. The van der Waals surface area contributed by atoms with Crippen molar-refractivity contribution >= 4 is 5.91 Å². The van der Waals surface area contributed by atoms with Crippen LogP contribution in [0.2, 0.25) is 0 Å². The molecule has 2 atom stereocenters. The minimum atomic E-state index is -5.22. The standard InChI is InChI=1S/C22H24F6N2O2.C12H20N2/c1-20(2,30(3)4)18(13-9-7-6-8-10-13)29-19(31)17-15(22(26,27)28)11-14(21(23,24)25)12-16(17)32-5;1-12(2,14(3)4)11(13)10-8-6-5-7-9-10/h6-12,18H,1-5H3,(H,29,31);5-9,11H,13H2,1-4H3. The highest BCUT2D eigenvalue weighted by Gasteiger charge is 2.43. The van der Waals surface area contributed by atoms with E-state index in [0.717, 1.165) is 7.11 Å². The van der Waals surface area contributed by atoms with Gasteiger partial charge in [0.1, 0.15) is 5.75 Å². The molecule has 2 unspecified atom stereocenters. The fraction of sp³-hybridized carbons (Fsp3) is 0.441. The number of nitrogens with zero attached hydrogens (tertiary/aromatic N) is 2. The lowest BCUT2D eigenvalue weighted by Gasteiger charge is -2.41. The Kier molecular flexibility index (Phi) is 12.5. The van der Waals surface area contributed by atoms with Crippen LogP contribution in [-0.2, 0) is 12.4 Å². The summed E-state index contributed by atoms with van der Waals surface area (Å²) < 4.78 is 85.4. The van der Waals surface area contributed by atoms with Gasteiger partial charge < -0.3 is 25.6 Å². The monoisotopic (exact) mass is 654 g/mol. The number of hydrogen-bond donors (Lipinski definition) is 2. The van der Waals surface area contributed by atoms with Crippen LogP contribution in [0.3, 0.4) is 0 Å². The molecule has 0 fully saturated rings. The molecule has 0 aliphatic rings. The first-order chi connectivity index (χ1) is 21.1. The van der Waals surface area contributed by atoms with Gasteiger partial charge in [0.25, 0.3) is 5.91 Å². The van der Waals surface area contributed by atoms with Crippen LogP contribution in [-0.4, -0.2) is 62.1 Å². The van der Waals surface area contributed by atoms with Crippen LogP contribution in [0.25, 0.3) is 0 Å². The van der Waals surface area contributed by atoms with E-state index in [1.807, 2.05) is 18.2 Å². The van der Waals surface area contributed by atoms with Crippen LogP contribution in [0.1, 0.15) is 72.4 Å². The van der Waals surface area contributed by atoms with Crippen molar-refractivity contribution in [2.45, 2.75) is 63.2 Å². The van der Waals surface area contributed by atoms with Gasteiger partial charge in [-0.25, -0.2) is 0 Å². The summed E-state index contributed by atoms with van der Waals surface area (Å²) in [6.45, 7) is 7.87. The summed E-state index contributed by atoms with van der Waals surface area (Å²) in [6, 6.07) is 18.3. The molecule has 0 spiro atoms. The number of carbonyl (C=O) groups excluding carboxylic acids is 1. The van der Waals surface area contributed by atoms with Crippen molar-refractivity contribution in [1.82, 2.24) is 15.1 Å². The minimum absolute atomic E-state index is 0.0264. The van der Waals surface area contributed by atoms with Gasteiger partial charge in [0.2, 0.25) is 0 Å². The molecule has 0 aromatic heterocycles. The van der Waals surface area contributed by atoms with Crippen molar-refractivity contribution in [1.29, 1.82) is 0 Å². The van der Waals surface area contributed by atoms with Gasteiger partial charge in [0, 0.05) is 17.1 Å². The number of hydrogen-bond acceptors (Lipinski definition) is 5. The summed E-state index contributed by atoms with van der Waals surface area (Å²) in [5.74, 6) is -2.02. The van der Waals surface area contributed by atoms with E-state index in [-0.39, 0.29) is 17.6 Å². The predicted octanol–water partition coefficient (Wildman–Crippen LogP) is 7.57. The molecule has 0 aliphatic heterocycles. The van der Waals surface area contributed by atoms with Crippen LogP contribution >= 0.6 is 0 Å². The van der Waals surface area contributed by atoms with E-state index < -0.39 is 52.3 Å². The number of carbonyl (C=O) groups is 1. The molecular weight excluding hydrogens is 610 g/mol. The second-order valence-corrected chi connectivity index (χ2v) is 12.4. The average molecular weight is 655 g/mol. The van der Waals surface area contributed by atoms with Gasteiger partial charge >= 0.3 is 12.4 Å². The van der Waals surface area contributed by atoms with E-state index in [2.05, 4.69) is 50.3 Å². The van der Waals surface area contributed by atoms with Crippen molar-refractivity contribution < 1.29 is 35.9 Å². The van der Waals surface area contributed by atoms with Crippen LogP contribution in [0, 0.1) is 0 Å². The normalized spacial score (nSPS) is 14.0. The lowest BCUT2D eigenvalue weighted by Crippen LogP contribution is -2.51. The quantitative estimate of drug-likeness (QED) is 0.233. The minimum Gasteiger partial charge on any atom is -0.496 e. The Bertz CT molecular complexity index is 1420. The maximum atomic E-state index is 13.7. The van der Waals surface area contributed by atoms with Gasteiger partial charge in [-0.1, -0.05) is 60.7 Å². The molecular formula is C34H44F6N4O2. The third-order valence-electron chi connectivity index (χ3n) is 8.52. The summed E-state index contributed by atoms with van der Waals surface area (Å²) in [4.78, 5) is 17.0. The Labute approximate surface area is 267 Å². The van der Waals surface area contributed by atoms with Crippen molar-refractivity contribution in [3.63, 3.8) is 0 Å². The second-order valence-electron chi connectivity index (χ2n) is 12.4. The Balaban J connectivity index is 0.000000438. The molecule has 3 N–H and O–H groups in total. The van der Waals surface area contributed by atoms with Crippen molar-refractivity contribution in [3.8, 4) is 5.75 Å². The first-order valence-electron chi connectivity index (χ1n) is 14.4. The maximum Gasteiger partial charge on any atom is 0.417 e. The molecule has 0 bridgehead atoms. The zero-order valence-electron chi connectivity index (χ0n) is 27.6. The lowest BCUT2D eigenvalue weighted by molar-refractivity contribution is -0.143. The van der Waals surface area contributed by atoms with Crippen molar-refractivity contribution in [3.05, 3.63) is 101 Å². The zero-order valence-corrected chi connectivity index (χ0v) is 27.6. The SMILES string of the molecule is CN(C)C(C)(C)C(N)c1ccccc1.COc1cc(C(F)(F)F)cc(C(F)(F)F)c1C(=O)NC(c1ccccc1)C(C)(C)N(C)C. The first kappa shape index (κ1) is 38.6. The second kappa shape index (κ2) is 14.9. The number of ether oxygens (including phenoxy) is 1. The Hall–Kier alpha value is -3.61. The Morgan fingerprint density at radius 2 is 1.20 bits per heavy atom. The van der Waals surface area contributed by atoms with Crippen molar-refractivity contribution in [2.24, 2.45) is 5.73 Å². The van der Waals surface area contributed by atoms with Gasteiger partial charge in [-0.05, 0) is 79.1 Å². The number of halogens is 6. The van der Waals surface area contributed by atoms with Gasteiger partial charge in [-0.15, -0.1) is 0 Å². The molecule has 6 nitrogen and oxygen atoms in total. The molecule has 3 aromatic rings. The smallest absolute Gasteiger partial charge is 0.417 e. The Morgan fingerprint density at radius 3 is 1.59 bits per heavy atom. The zero-order chi connectivity index (χ0) is 35.3. The molecule has 0 radical (unpaired) electrons. The number of nitrogens with two attached hydrogens (primary N) is 1. The molecule has 1 amide bonds. The molecule has 254 valence electrons. The topological polar surface area (TPSA) is 70.8 Å².